The summed E-state index contributed by atoms with van der Waals surface area (Å²) in [6.45, 7) is 3.80. The number of piperidine rings is 1. The number of anilines is 1. The Balaban J connectivity index is 1.89. The number of nitrogen functional groups attached to an aromatic ring is 1. The highest BCUT2D eigenvalue weighted by molar-refractivity contribution is 5.95. The Morgan fingerprint density at radius 1 is 1.35 bits per heavy atom. The van der Waals surface area contributed by atoms with Crippen LogP contribution in [0.25, 0.3) is 0 Å². The van der Waals surface area contributed by atoms with E-state index in [-0.39, 0.29) is 5.91 Å². The van der Waals surface area contributed by atoms with Gasteiger partial charge in [-0.2, -0.15) is 0 Å². The molecule has 2 rings (SSSR count). The maximum absolute atomic E-state index is 11.6. The van der Waals surface area contributed by atoms with Gasteiger partial charge in [-0.05, 0) is 44.1 Å². The molecule has 110 valence electrons. The fourth-order valence-electron chi connectivity index (χ4n) is 2.41. The number of hydrogen-bond donors (Lipinski definition) is 2. The van der Waals surface area contributed by atoms with Crippen LogP contribution in [0.4, 0.5) is 5.69 Å². The van der Waals surface area contributed by atoms with E-state index in [0.29, 0.717) is 23.6 Å². The Morgan fingerprint density at radius 3 is 2.80 bits per heavy atom. The Labute approximate surface area is 120 Å². The summed E-state index contributed by atoms with van der Waals surface area (Å²) in [5.74, 6) is 0.453. The summed E-state index contributed by atoms with van der Waals surface area (Å²) in [7, 11) is 1.61. The predicted molar refractivity (Wildman–Crippen MR) is 80.0 cm³/mol. The van der Waals surface area contributed by atoms with Crippen LogP contribution in [0.1, 0.15) is 29.6 Å². The molecular formula is C15H23N3O2. The van der Waals surface area contributed by atoms with Gasteiger partial charge in [0.15, 0.2) is 0 Å². The zero-order valence-electron chi connectivity index (χ0n) is 12.0. The maximum atomic E-state index is 11.6. The minimum Gasteiger partial charge on any atom is -0.490 e. The van der Waals surface area contributed by atoms with Gasteiger partial charge in [0.25, 0.3) is 5.91 Å². The smallest absolute Gasteiger partial charge is 0.251 e. The summed E-state index contributed by atoms with van der Waals surface area (Å²) in [6.07, 6.45) is 3.88. The number of nitrogens with two attached hydrogens (primary N) is 1. The van der Waals surface area contributed by atoms with Crippen LogP contribution in [-0.4, -0.2) is 44.1 Å². The molecule has 20 heavy (non-hydrogen) atoms. The molecule has 0 saturated carbocycles. The van der Waals surface area contributed by atoms with Crippen molar-refractivity contribution in [2.45, 2.75) is 19.3 Å². The van der Waals surface area contributed by atoms with Gasteiger partial charge in [-0.15, -0.1) is 0 Å². The van der Waals surface area contributed by atoms with Crippen LogP contribution in [0.5, 0.6) is 5.75 Å². The summed E-state index contributed by atoms with van der Waals surface area (Å²) >= 11 is 0. The predicted octanol–water partition coefficient (Wildman–Crippen LogP) is 1.49. The Hall–Kier alpha value is -1.75. The summed E-state index contributed by atoms with van der Waals surface area (Å²) < 4.78 is 5.73. The quantitative estimate of drug-likeness (QED) is 0.800. The summed E-state index contributed by atoms with van der Waals surface area (Å²) in [5.41, 5.74) is 7.01. The van der Waals surface area contributed by atoms with Gasteiger partial charge in [-0.25, -0.2) is 0 Å². The number of carbonyl (C=O) groups excluding carboxylic acids is 1. The second kappa shape index (κ2) is 7.14. The van der Waals surface area contributed by atoms with Crippen molar-refractivity contribution in [3.8, 4) is 5.75 Å². The fourth-order valence-corrected chi connectivity index (χ4v) is 2.41. The molecule has 1 fully saturated rings. The van der Waals surface area contributed by atoms with Gasteiger partial charge in [0.2, 0.25) is 0 Å². The van der Waals surface area contributed by atoms with E-state index in [1.54, 1.807) is 25.2 Å². The standard InChI is InChI=1S/C15H23N3O2/c1-17-15(19)12-5-6-13(16)14(11-12)20-10-9-18-7-3-2-4-8-18/h5-6,11H,2-4,7-10,16H2,1H3,(H,17,19). The van der Waals surface area contributed by atoms with Crippen molar-refractivity contribution >= 4 is 11.6 Å². The fraction of sp³-hybridized carbons (Fsp3) is 0.533. The van der Waals surface area contributed by atoms with Gasteiger partial charge in [0.1, 0.15) is 12.4 Å². The number of hydrogen-bond acceptors (Lipinski definition) is 4. The van der Waals surface area contributed by atoms with E-state index >= 15 is 0 Å². The zero-order chi connectivity index (χ0) is 14.4. The lowest BCUT2D eigenvalue weighted by molar-refractivity contribution is 0.0962. The van der Waals surface area contributed by atoms with Gasteiger partial charge in [-0.1, -0.05) is 6.42 Å². The molecule has 1 amide bonds. The van der Waals surface area contributed by atoms with Gasteiger partial charge >= 0.3 is 0 Å². The number of carbonyl (C=O) groups is 1. The third kappa shape index (κ3) is 3.87. The molecule has 1 aliphatic rings. The maximum Gasteiger partial charge on any atom is 0.251 e. The van der Waals surface area contributed by atoms with Crippen LogP contribution in [0.15, 0.2) is 18.2 Å². The second-order valence-electron chi connectivity index (χ2n) is 5.08. The second-order valence-corrected chi connectivity index (χ2v) is 5.08. The lowest BCUT2D eigenvalue weighted by atomic mass is 10.1. The minimum atomic E-state index is -0.133. The van der Waals surface area contributed by atoms with Crippen LogP contribution in [0.3, 0.4) is 0 Å². The summed E-state index contributed by atoms with van der Waals surface area (Å²) in [4.78, 5) is 14.0. The van der Waals surface area contributed by atoms with Gasteiger partial charge in [-0.3, -0.25) is 9.69 Å². The van der Waals surface area contributed by atoms with E-state index in [9.17, 15) is 4.79 Å². The highest BCUT2D eigenvalue weighted by atomic mass is 16.5. The van der Waals surface area contributed by atoms with E-state index in [2.05, 4.69) is 10.2 Å². The first kappa shape index (κ1) is 14.7. The molecule has 0 spiro atoms. The molecule has 0 bridgehead atoms. The number of benzene rings is 1. The van der Waals surface area contributed by atoms with Crippen LogP contribution in [0.2, 0.25) is 0 Å². The van der Waals surface area contributed by atoms with Crippen LogP contribution in [0, 0.1) is 0 Å². The molecule has 1 aromatic carbocycles. The third-order valence-electron chi connectivity index (χ3n) is 3.62. The van der Waals surface area contributed by atoms with Gasteiger partial charge in [0, 0.05) is 19.2 Å². The first-order valence-electron chi connectivity index (χ1n) is 7.17. The molecule has 0 radical (unpaired) electrons. The third-order valence-corrected chi connectivity index (χ3v) is 3.62. The SMILES string of the molecule is CNC(=O)c1ccc(N)c(OCCN2CCCCC2)c1. The molecular weight excluding hydrogens is 254 g/mol. The van der Waals surface area contributed by atoms with Crippen molar-refractivity contribution in [2.24, 2.45) is 0 Å². The molecule has 0 atom stereocenters. The normalized spacial score (nSPS) is 15.8. The van der Waals surface area contributed by atoms with E-state index < -0.39 is 0 Å². The van der Waals surface area contributed by atoms with Crippen molar-refractivity contribution in [2.75, 3.05) is 39.0 Å². The minimum absolute atomic E-state index is 0.133. The molecule has 0 aliphatic carbocycles. The number of amides is 1. The molecule has 0 aromatic heterocycles. The number of likely N-dealkylation sites (tertiary alicyclic amines) is 1. The van der Waals surface area contributed by atoms with Gasteiger partial charge < -0.3 is 15.8 Å². The summed E-state index contributed by atoms with van der Waals surface area (Å²) in [5, 5.41) is 2.59. The van der Waals surface area contributed by atoms with Crippen LogP contribution in [-0.2, 0) is 0 Å². The topological polar surface area (TPSA) is 67.6 Å². The Morgan fingerprint density at radius 2 is 2.10 bits per heavy atom. The molecule has 1 aliphatic heterocycles. The van der Waals surface area contributed by atoms with Crippen molar-refractivity contribution in [1.29, 1.82) is 0 Å². The molecule has 5 heteroatoms. The van der Waals surface area contributed by atoms with Crippen molar-refractivity contribution < 1.29 is 9.53 Å². The monoisotopic (exact) mass is 277 g/mol. The van der Waals surface area contributed by atoms with Crippen molar-refractivity contribution in [3.63, 3.8) is 0 Å². The van der Waals surface area contributed by atoms with E-state index in [4.69, 9.17) is 10.5 Å². The molecule has 5 nitrogen and oxygen atoms in total. The lowest BCUT2D eigenvalue weighted by Crippen LogP contribution is -2.33. The summed E-state index contributed by atoms with van der Waals surface area (Å²) in [6, 6.07) is 5.11. The highest BCUT2D eigenvalue weighted by Crippen LogP contribution is 2.22. The van der Waals surface area contributed by atoms with E-state index in [1.807, 2.05) is 0 Å². The average Bonchev–Trinajstić information content (AvgIpc) is 2.49. The molecule has 1 saturated heterocycles. The van der Waals surface area contributed by atoms with Crippen molar-refractivity contribution in [1.82, 2.24) is 10.2 Å². The first-order valence-corrected chi connectivity index (χ1v) is 7.17. The largest absolute Gasteiger partial charge is 0.490 e. The van der Waals surface area contributed by atoms with Gasteiger partial charge in [0.05, 0.1) is 5.69 Å². The molecule has 3 N–H and O–H groups in total. The Bertz CT molecular complexity index is 456. The first-order chi connectivity index (χ1) is 9.70. The van der Waals surface area contributed by atoms with Crippen LogP contribution >= 0.6 is 0 Å². The molecule has 1 aromatic rings. The number of nitrogens with one attached hydrogen (secondary N) is 1. The lowest BCUT2D eigenvalue weighted by Gasteiger charge is -2.26. The van der Waals surface area contributed by atoms with Crippen LogP contribution < -0.4 is 15.8 Å². The van der Waals surface area contributed by atoms with Crippen molar-refractivity contribution in [3.05, 3.63) is 23.8 Å². The number of nitrogens with zero attached hydrogens (tertiary/aromatic N) is 1. The average molecular weight is 277 g/mol. The number of rotatable bonds is 5. The molecule has 0 unspecified atom stereocenters. The van der Waals surface area contributed by atoms with E-state index in [1.165, 1.54) is 19.3 Å². The Kier molecular flexibility index (Phi) is 5.24. The molecule has 1 heterocycles. The highest BCUT2D eigenvalue weighted by Gasteiger charge is 2.11. The zero-order valence-corrected chi connectivity index (χ0v) is 12.0. The number of ether oxygens (including phenoxy) is 1. The van der Waals surface area contributed by atoms with E-state index in [0.717, 1.165) is 19.6 Å².